The SMILES string of the molecule is C/C=C/CCC(=O)c1ccc(F)cc1F. The van der Waals surface area contributed by atoms with Gasteiger partial charge in [0.25, 0.3) is 0 Å². The molecule has 0 fully saturated rings. The summed E-state index contributed by atoms with van der Waals surface area (Å²) in [4.78, 5) is 11.5. The van der Waals surface area contributed by atoms with E-state index in [0.717, 1.165) is 12.1 Å². The first-order valence-electron chi connectivity index (χ1n) is 4.74. The third-order valence-corrected chi connectivity index (χ3v) is 2.01. The number of Topliss-reactive ketones (excluding diaryl/α,β-unsaturated/α-hetero) is 1. The minimum Gasteiger partial charge on any atom is -0.294 e. The van der Waals surface area contributed by atoms with Crippen LogP contribution in [0.2, 0.25) is 0 Å². The summed E-state index contributed by atoms with van der Waals surface area (Å²) in [7, 11) is 0. The number of carbonyl (C=O) groups is 1. The highest BCUT2D eigenvalue weighted by atomic mass is 19.1. The van der Waals surface area contributed by atoms with Crippen molar-refractivity contribution in [2.75, 3.05) is 0 Å². The third-order valence-electron chi connectivity index (χ3n) is 2.01. The van der Waals surface area contributed by atoms with Crippen molar-refractivity contribution in [3.05, 3.63) is 47.5 Å². The fourth-order valence-corrected chi connectivity index (χ4v) is 1.23. The fraction of sp³-hybridized carbons (Fsp3) is 0.250. The number of hydrogen-bond acceptors (Lipinski definition) is 1. The maximum atomic E-state index is 13.1. The molecule has 15 heavy (non-hydrogen) atoms. The molecule has 0 aliphatic rings. The average molecular weight is 210 g/mol. The summed E-state index contributed by atoms with van der Waals surface area (Å²) in [6.07, 6.45) is 4.48. The first-order chi connectivity index (χ1) is 7.15. The van der Waals surface area contributed by atoms with Crippen molar-refractivity contribution in [2.45, 2.75) is 19.8 Å². The molecule has 0 radical (unpaired) electrons. The average Bonchev–Trinajstić information content (AvgIpc) is 2.17. The summed E-state index contributed by atoms with van der Waals surface area (Å²) < 4.78 is 25.7. The summed E-state index contributed by atoms with van der Waals surface area (Å²) in [5.74, 6) is -1.76. The molecule has 0 aliphatic carbocycles. The van der Waals surface area contributed by atoms with Gasteiger partial charge in [0.05, 0.1) is 5.56 Å². The van der Waals surface area contributed by atoms with Crippen molar-refractivity contribution < 1.29 is 13.6 Å². The van der Waals surface area contributed by atoms with Crippen LogP contribution in [-0.2, 0) is 0 Å². The van der Waals surface area contributed by atoms with Gasteiger partial charge in [0.1, 0.15) is 11.6 Å². The van der Waals surface area contributed by atoms with Gasteiger partial charge in [0.15, 0.2) is 5.78 Å². The highest BCUT2D eigenvalue weighted by Gasteiger charge is 2.11. The fourth-order valence-electron chi connectivity index (χ4n) is 1.23. The van der Waals surface area contributed by atoms with E-state index in [0.29, 0.717) is 6.42 Å². The van der Waals surface area contributed by atoms with Crippen LogP contribution in [0.5, 0.6) is 0 Å². The summed E-state index contributed by atoms with van der Waals surface area (Å²) in [5.41, 5.74) is -0.0408. The lowest BCUT2D eigenvalue weighted by atomic mass is 10.1. The number of carbonyl (C=O) groups excluding carboxylic acids is 1. The van der Waals surface area contributed by atoms with Crippen LogP contribution in [0.4, 0.5) is 8.78 Å². The van der Waals surface area contributed by atoms with Crippen LogP contribution in [0.15, 0.2) is 30.4 Å². The van der Waals surface area contributed by atoms with Gasteiger partial charge in [-0.3, -0.25) is 4.79 Å². The van der Waals surface area contributed by atoms with Crippen molar-refractivity contribution in [1.82, 2.24) is 0 Å². The molecule has 0 N–H and O–H groups in total. The number of benzene rings is 1. The zero-order valence-corrected chi connectivity index (χ0v) is 8.47. The molecule has 0 bridgehead atoms. The quantitative estimate of drug-likeness (QED) is 0.549. The standard InChI is InChI=1S/C12H12F2O/c1-2-3-4-5-12(15)10-7-6-9(13)8-11(10)14/h2-3,6-8H,4-5H2,1H3/b3-2+. The second kappa shape index (κ2) is 5.39. The molecule has 0 saturated heterocycles. The van der Waals surface area contributed by atoms with Gasteiger partial charge in [0.2, 0.25) is 0 Å². The molecular weight excluding hydrogens is 198 g/mol. The molecule has 0 spiro atoms. The summed E-state index contributed by atoms with van der Waals surface area (Å²) in [6.45, 7) is 1.85. The van der Waals surface area contributed by atoms with Crippen LogP contribution < -0.4 is 0 Å². The largest absolute Gasteiger partial charge is 0.294 e. The molecule has 80 valence electrons. The Balaban J connectivity index is 2.73. The van der Waals surface area contributed by atoms with Gasteiger partial charge >= 0.3 is 0 Å². The van der Waals surface area contributed by atoms with Crippen LogP contribution in [0.25, 0.3) is 0 Å². The second-order valence-electron chi connectivity index (χ2n) is 3.16. The van der Waals surface area contributed by atoms with Crippen LogP contribution in [-0.4, -0.2) is 5.78 Å². The van der Waals surface area contributed by atoms with Crippen molar-refractivity contribution in [1.29, 1.82) is 0 Å². The Morgan fingerprint density at radius 2 is 2.13 bits per heavy atom. The Kier molecular flexibility index (Phi) is 4.16. The second-order valence-corrected chi connectivity index (χ2v) is 3.16. The first kappa shape index (κ1) is 11.6. The molecule has 1 rings (SSSR count). The van der Waals surface area contributed by atoms with Crippen LogP contribution >= 0.6 is 0 Å². The van der Waals surface area contributed by atoms with E-state index in [9.17, 15) is 13.6 Å². The summed E-state index contributed by atoms with van der Waals surface area (Å²) >= 11 is 0. The van der Waals surface area contributed by atoms with Gasteiger partial charge in [-0.1, -0.05) is 12.2 Å². The molecule has 0 heterocycles. The van der Waals surface area contributed by atoms with Crippen molar-refractivity contribution >= 4 is 5.78 Å². The number of halogens is 2. The highest BCUT2D eigenvalue weighted by molar-refractivity contribution is 5.96. The van der Waals surface area contributed by atoms with E-state index in [4.69, 9.17) is 0 Å². The number of rotatable bonds is 4. The lowest BCUT2D eigenvalue weighted by Crippen LogP contribution is -2.02. The molecule has 0 aliphatic heterocycles. The van der Waals surface area contributed by atoms with E-state index in [1.807, 2.05) is 19.1 Å². The van der Waals surface area contributed by atoms with E-state index in [1.165, 1.54) is 6.07 Å². The van der Waals surface area contributed by atoms with Crippen molar-refractivity contribution in [3.63, 3.8) is 0 Å². The zero-order valence-electron chi connectivity index (χ0n) is 8.47. The predicted molar refractivity (Wildman–Crippen MR) is 54.7 cm³/mol. The number of hydrogen-bond donors (Lipinski definition) is 0. The number of ketones is 1. The lowest BCUT2D eigenvalue weighted by molar-refractivity contribution is 0.0979. The molecule has 0 saturated carbocycles. The zero-order chi connectivity index (χ0) is 11.3. The van der Waals surface area contributed by atoms with Gasteiger partial charge < -0.3 is 0 Å². The number of allylic oxidation sites excluding steroid dienone is 2. The Hall–Kier alpha value is -1.51. The summed E-state index contributed by atoms with van der Waals surface area (Å²) in [5, 5.41) is 0. The molecule has 1 aromatic rings. The molecule has 3 heteroatoms. The highest BCUT2D eigenvalue weighted by Crippen LogP contribution is 2.12. The molecule has 0 amide bonds. The summed E-state index contributed by atoms with van der Waals surface area (Å²) in [6, 6.07) is 3.00. The van der Waals surface area contributed by atoms with Gasteiger partial charge in [0, 0.05) is 12.5 Å². The van der Waals surface area contributed by atoms with E-state index in [-0.39, 0.29) is 17.8 Å². The van der Waals surface area contributed by atoms with Gasteiger partial charge in [-0.15, -0.1) is 0 Å². The van der Waals surface area contributed by atoms with Crippen molar-refractivity contribution in [2.24, 2.45) is 0 Å². The van der Waals surface area contributed by atoms with E-state index < -0.39 is 11.6 Å². The molecule has 1 nitrogen and oxygen atoms in total. The Morgan fingerprint density at radius 1 is 1.40 bits per heavy atom. The molecule has 1 aromatic carbocycles. The maximum Gasteiger partial charge on any atom is 0.166 e. The minimum absolute atomic E-state index is 0.0408. The molecular formula is C12H12F2O. The lowest BCUT2D eigenvalue weighted by Gasteiger charge is -2.00. The molecule has 0 atom stereocenters. The Labute approximate surface area is 87.4 Å². The van der Waals surface area contributed by atoms with Gasteiger partial charge in [-0.25, -0.2) is 8.78 Å². The smallest absolute Gasteiger partial charge is 0.166 e. The Bertz CT molecular complexity index is 383. The van der Waals surface area contributed by atoms with E-state index in [2.05, 4.69) is 0 Å². The third kappa shape index (κ3) is 3.27. The monoisotopic (exact) mass is 210 g/mol. The van der Waals surface area contributed by atoms with Crippen molar-refractivity contribution in [3.8, 4) is 0 Å². The van der Waals surface area contributed by atoms with Crippen LogP contribution in [0.3, 0.4) is 0 Å². The van der Waals surface area contributed by atoms with Gasteiger partial charge in [-0.05, 0) is 25.5 Å². The van der Waals surface area contributed by atoms with E-state index >= 15 is 0 Å². The molecule has 0 aromatic heterocycles. The van der Waals surface area contributed by atoms with Crippen LogP contribution in [0, 0.1) is 11.6 Å². The topological polar surface area (TPSA) is 17.1 Å². The normalized spacial score (nSPS) is 10.9. The minimum atomic E-state index is -0.791. The Morgan fingerprint density at radius 3 is 2.73 bits per heavy atom. The first-order valence-corrected chi connectivity index (χ1v) is 4.74. The maximum absolute atomic E-state index is 13.1. The predicted octanol–water partition coefficient (Wildman–Crippen LogP) is 3.50. The van der Waals surface area contributed by atoms with E-state index in [1.54, 1.807) is 0 Å². The van der Waals surface area contributed by atoms with Crippen LogP contribution in [0.1, 0.15) is 30.1 Å². The molecule has 0 unspecified atom stereocenters. The van der Waals surface area contributed by atoms with Gasteiger partial charge in [-0.2, -0.15) is 0 Å².